The molecule has 14 aromatic rings. The van der Waals surface area contributed by atoms with Gasteiger partial charge in [-0.25, -0.2) is 0 Å². The normalized spacial score (nSPS) is 12.8. The minimum atomic E-state index is -0.199. The fraction of sp³-hybridized carbons (Fsp3) is 0.125. The minimum Gasteiger partial charge on any atom is -0.308 e. The van der Waals surface area contributed by atoms with Gasteiger partial charge in [0.25, 0.3) is 0 Å². The fourth-order valence-electron chi connectivity index (χ4n) is 11.8. The predicted octanol–water partition coefficient (Wildman–Crippen LogP) is 15.4. The average Bonchev–Trinajstić information content (AvgIpc) is 4.02. The first-order chi connectivity index (χ1) is 33.9. The quantitative estimate of drug-likeness (QED) is 0.131. The van der Waals surface area contributed by atoms with Crippen LogP contribution in [0.2, 0.25) is 0 Å². The van der Waals surface area contributed by atoms with Crippen LogP contribution < -0.4 is 10.9 Å². The number of para-hydroxylation sites is 6. The zero-order chi connectivity index (χ0) is 47.5. The highest BCUT2D eigenvalue weighted by Gasteiger charge is 2.27. The smallest absolute Gasteiger partial charge is 0.197 e. The Hall–Kier alpha value is -8.48. The summed E-state index contributed by atoms with van der Waals surface area (Å²) in [6, 6.07) is 64.4. The molecule has 0 N–H and O–H groups in total. The summed E-state index contributed by atoms with van der Waals surface area (Å²) in [5.41, 5.74) is 12.8. The molecule has 6 heteroatoms. The second-order valence-electron chi connectivity index (χ2n) is 21.3. The number of rotatable bonds is 3. The molecule has 0 unspecified atom stereocenters. The molecule has 70 heavy (non-hydrogen) atoms. The fourth-order valence-corrected chi connectivity index (χ4v) is 11.8. The lowest BCUT2D eigenvalue weighted by Gasteiger charge is -2.23. The van der Waals surface area contributed by atoms with Crippen LogP contribution >= 0.6 is 0 Å². The van der Waals surface area contributed by atoms with Crippen molar-refractivity contribution >= 4 is 104 Å². The Labute approximate surface area is 402 Å². The Morgan fingerprint density at radius 1 is 0.300 bits per heavy atom. The minimum absolute atomic E-state index is 0.0935. The Bertz CT molecular complexity index is 4320. The molecule has 0 saturated carbocycles. The largest absolute Gasteiger partial charge is 0.308 e. The van der Waals surface area contributed by atoms with E-state index in [1.807, 2.05) is 0 Å². The number of fused-ring (bicyclic) bond motifs is 13. The maximum absolute atomic E-state index is 15.6. The molecule has 9 aromatic carbocycles. The van der Waals surface area contributed by atoms with Gasteiger partial charge in [0.15, 0.2) is 10.9 Å². The van der Waals surface area contributed by atoms with E-state index in [-0.39, 0.29) is 21.7 Å². The van der Waals surface area contributed by atoms with Crippen LogP contribution in [0, 0.1) is 0 Å². The van der Waals surface area contributed by atoms with Gasteiger partial charge in [-0.05, 0) is 94.8 Å². The van der Waals surface area contributed by atoms with Gasteiger partial charge in [0, 0.05) is 59.5 Å². The number of hydrogen-bond acceptors (Lipinski definition) is 2. The zero-order valence-electron chi connectivity index (χ0n) is 39.9. The molecule has 0 spiro atoms. The molecule has 14 rings (SSSR count). The third-order valence-electron chi connectivity index (χ3n) is 15.2. The first kappa shape index (κ1) is 40.6. The van der Waals surface area contributed by atoms with E-state index in [1.165, 1.54) is 21.5 Å². The van der Waals surface area contributed by atoms with Gasteiger partial charge < -0.3 is 18.1 Å². The van der Waals surface area contributed by atoms with E-state index in [0.29, 0.717) is 27.1 Å². The summed E-state index contributed by atoms with van der Waals surface area (Å²) in [4.78, 5) is 31.2. The number of hydrogen-bond donors (Lipinski definition) is 0. The molecule has 0 aliphatic rings. The van der Waals surface area contributed by atoms with E-state index in [2.05, 4.69) is 242 Å². The number of pyridine rings is 2. The molecule has 336 valence electrons. The van der Waals surface area contributed by atoms with E-state index in [9.17, 15) is 0 Å². The van der Waals surface area contributed by atoms with Crippen molar-refractivity contribution in [3.05, 3.63) is 214 Å². The molecule has 6 nitrogen and oxygen atoms in total. The highest BCUT2D eigenvalue weighted by molar-refractivity contribution is 6.19. The van der Waals surface area contributed by atoms with Crippen molar-refractivity contribution in [2.24, 2.45) is 0 Å². The second kappa shape index (κ2) is 14.1. The standard InChI is InChI=1S/C64H48N4O2/c1-63(2,3)37-29-31-54-46(33-37)61(69)48-35-39(36-49-58(48)68(54)55-32-30-38(64(4,5)6)34-47(55)62(49)70)65-59-44(21-15-27-56(59)66-50-23-11-7-17-40(50)41-18-8-12-24-51(41)66)45-22-16-28-57(60(45)65)67-52-25-13-9-19-42(52)43-20-10-14-26-53(43)67/h7-36H,1-6H3. The van der Waals surface area contributed by atoms with Crippen molar-refractivity contribution in [3.8, 4) is 17.1 Å². The SMILES string of the molecule is CC(C)(C)c1ccc2c(c1)c(=O)c1cc(-n3c4c(-n5c6ccccc6c6ccccc65)cccc4c4cccc(-n5c6ccccc6c6ccccc65)c43)cc3c(=O)c4cc(C(C)(C)C)ccc4n2c13. The van der Waals surface area contributed by atoms with Crippen LogP contribution in [-0.2, 0) is 10.8 Å². The van der Waals surface area contributed by atoms with Crippen LogP contribution in [0.3, 0.4) is 0 Å². The van der Waals surface area contributed by atoms with Gasteiger partial charge in [0.1, 0.15) is 0 Å². The van der Waals surface area contributed by atoms with Gasteiger partial charge in [0.05, 0.1) is 61.0 Å². The average molecular weight is 905 g/mol. The number of nitrogens with zero attached hydrogens (tertiary/aromatic N) is 4. The lowest BCUT2D eigenvalue weighted by atomic mass is 9.85. The van der Waals surface area contributed by atoms with E-state index in [4.69, 9.17) is 0 Å². The predicted molar refractivity (Wildman–Crippen MR) is 294 cm³/mol. The first-order valence-electron chi connectivity index (χ1n) is 24.3. The molecule has 5 heterocycles. The van der Waals surface area contributed by atoms with Gasteiger partial charge in [-0.15, -0.1) is 0 Å². The molecule has 0 radical (unpaired) electrons. The maximum Gasteiger partial charge on any atom is 0.197 e. The highest BCUT2D eigenvalue weighted by Crippen LogP contribution is 2.44. The van der Waals surface area contributed by atoms with Crippen LogP contribution in [0.15, 0.2) is 192 Å². The van der Waals surface area contributed by atoms with Gasteiger partial charge in [-0.2, -0.15) is 0 Å². The summed E-state index contributed by atoms with van der Waals surface area (Å²) in [6.07, 6.45) is 0. The summed E-state index contributed by atoms with van der Waals surface area (Å²) >= 11 is 0. The molecule has 0 aliphatic heterocycles. The summed E-state index contributed by atoms with van der Waals surface area (Å²) in [5.74, 6) is 0. The Morgan fingerprint density at radius 3 is 1.03 bits per heavy atom. The van der Waals surface area contributed by atoms with E-state index < -0.39 is 0 Å². The van der Waals surface area contributed by atoms with Crippen molar-refractivity contribution in [3.63, 3.8) is 0 Å². The van der Waals surface area contributed by atoms with E-state index >= 15 is 9.59 Å². The molecule has 0 saturated heterocycles. The van der Waals surface area contributed by atoms with Gasteiger partial charge in [-0.1, -0.05) is 151 Å². The van der Waals surface area contributed by atoms with Crippen LogP contribution in [0.25, 0.3) is 121 Å². The van der Waals surface area contributed by atoms with Gasteiger partial charge in [-0.3, -0.25) is 9.59 Å². The maximum atomic E-state index is 15.6. The van der Waals surface area contributed by atoms with Crippen LogP contribution in [0.1, 0.15) is 52.7 Å². The third kappa shape index (κ3) is 5.44. The van der Waals surface area contributed by atoms with Crippen LogP contribution in [0.5, 0.6) is 0 Å². The van der Waals surface area contributed by atoms with Gasteiger partial charge in [0.2, 0.25) is 0 Å². The molecule has 0 fully saturated rings. The van der Waals surface area contributed by atoms with Crippen molar-refractivity contribution in [1.82, 2.24) is 18.1 Å². The lowest BCUT2D eigenvalue weighted by Crippen LogP contribution is -2.18. The third-order valence-corrected chi connectivity index (χ3v) is 15.2. The van der Waals surface area contributed by atoms with Crippen LogP contribution in [0.4, 0.5) is 0 Å². The number of benzene rings is 9. The summed E-state index contributed by atoms with van der Waals surface area (Å²) < 4.78 is 9.31. The van der Waals surface area contributed by atoms with Crippen molar-refractivity contribution in [2.75, 3.05) is 0 Å². The summed E-state index contributed by atoms with van der Waals surface area (Å²) in [7, 11) is 0. The highest BCUT2D eigenvalue weighted by atomic mass is 16.1. The van der Waals surface area contributed by atoms with Crippen molar-refractivity contribution < 1.29 is 0 Å². The lowest BCUT2D eigenvalue weighted by molar-refractivity contribution is 0.591. The monoisotopic (exact) mass is 904 g/mol. The van der Waals surface area contributed by atoms with E-state index in [0.717, 1.165) is 83.1 Å². The first-order valence-corrected chi connectivity index (χ1v) is 24.3. The van der Waals surface area contributed by atoms with Crippen molar-refractivity contribution in [2.45, 2.75) is 52.4 Å². The topological polar surface area (TPSA) is 53.3 Å². The van der Waals surface area contributed by atoms with Crippen LogP contribution in [-0.4, -0.2) is 18.1 Å². The molecule has 0 atom stereocenters. The molecular weight excluding hydrogens is 857 g/mol. The Morgan fingerprint density at radius 2 is 0.657 bits per heavy atom. The zero-order valence-corrected chi connectivity index (χ0v) is 39.9. The van der Waals surface area contributed by atoms with Crippen molar-refractivity contribution in [1.29, 1.82) is 0 Å². The summed E-state index contributed by atoms with van der Waals surface area (Å²) in [5, 5.41) is 9.04. The molecule has 0 bridgehead atoms. The Balaban J connectivity index is 1.23. The Kier molecular flexibility index (Phi) is 8.15. The van der Waals surface area contributed by atoms with Gasteiger partial charge >= 0.3 is 0 Å². The number of aromatic nitrogens is 4. The summed E-state index contributed by atoms with van der Waals surface area (Å²) in [6.45, 7) is 13.1. The van der Waals surface area contributed by atoms with E-state index in [1.54, 1.807) is 0 Å². The molecule has 0 aliphatic carbocycles. The molecule has 5 aromatic heterocycles. The molecule has 0 amide bonds. The second-order valence-corrected chi connectivity index (χ2v) is 21.3. The molecular formula is C64H48N4O2.